The third-order valence-electron chi connectivity index (χ3n) is 2.73. The van der Waals surface area contributed by atoms with Crippen molar-refractivity contribution in [2.75, 3.05) is 5.32 Å². The van der Waals surface area contributed by atoms with Crippen LogP contribution in [0.15, 0.2) is 41.2 Å². The Balaban J connectivity index is 1.94. The van der Waals surface area contributed by atoms with E-state index in [4.69, 9.17) is 0 Å². The maximum Gasteiger partial charge on any atom is 0.274 e. The number of aryl methyl sites for hydroxylation is 1. The Morgan fingerprint density at radius 2 is 2.00 bits per heavy atom. The van der Waals surface area contributed by atoms with Gasteiger partial charge in [0.05, 0.1) is 0 Å². The van der Waals surface area contributed by atoms with Crippen LogP contribution < -0.4 is 10.9 Å². The lowest BCUT2D eigenvalue weighted by atomic mass is 10.2. The Hall–Kier alpha value is -2.96. The summed E-state index contributed by atoms with van der Waals surface area (Å²) >= 11 is 0. The van der Waals surface area contributed by atoms with Crippen LogP contribution in [0.4, 0.5) is 5.95 Å². The molecule has 100 valence electrons. The number of benzene rings is 1. The lowest BCUT2D eigenvalue weighted by Gasteiger charge is -2.00. The van der Waals surface area contributed by atoms with E-state index in [-0.39, 0.29) is 23.2 Å². The van der Waals surface area contributed by atoms with Crippen LogP contribution in [0.3, 0.4) is 0 Å². The van der Waals surface area contributed by atoms with Gasteiger partial charge in [0, 0.05) is 17.3 Å². The number of rotatable bonds is 2. The number of H-pyrrole nitrogens is 1. The van der Waals surface area contributed by atoms with E-state index in [1.165, 1.54) is 10.6 Å². The molecule has 2 heterocycles. The van der Waals surface area contributed by atoms with Crippen molar-refractivity contribution in [1.82, 2.24) is 19.6 Å². The molecular formula is C13H11N5O2. The number of hydrogen-bond donors (Lipinski definition) is 2. The molecule has 7 nitrogen and oxygen atoms in total. The van der Waals surface area contributed by atoms with Crippen molar-refractivity contribution in [2.45, 2.75) is 6.92 Å². The SMILES string of the molecule is Cc1cc(=O)n2[nH]c(NC(=O)c3ccccc3)nc2n1. The van der Waals surface area contributed by atoms with Crippen LogP contribution in [0.1, 0.15) is 16.1 Å². The first-order valence-corrected chi connectivity index (χ1v) is 5.96. The third kappa shape index (κ3) is 2.16. The Bertz CT molecular complexity index is 835. The molecular weight excluding hydrogens is 258 g/mol. The number of hydrogen-bond acceptors (Lipinski definition) is 4. The Morgan fingerprint density at radius 3 is 2.75 bits per heavy atom. The maximum absolute atomic E-state index is 12.0. The molecule has 0 aliphatic rings. The number of fused-ring (bicyclic) bond motifs is 1. The summed E-state index contributed by atoms with van der Waals surface area (Å²) < 4.78 is 1.17. The number of aromatic nitrogens is 4. The molecule has 0 saturated carbocycles. The van der Waals surface area contributed by atoms with Gasteiger partial charge in [-0.05, 0) is 19.1 Å². The average molecular weight is 269 g/mol. The number of carbonyl (C=O) groups excluding carboxylic acids is 1. The van der Waals surface area contributed by atoms with Crippen LogP contribution in [-0.4, -0.2) is 25.5 Å². The van der Waals surface area contributed by atoms with Crippen molar-refractivity contribution in [3.8, 4) is 0 Å². The van der Waals surface area contributed by atoms with Gasteiger partial charge in [0.15, 0.2) is 0 Å². The number of anilines is 1. The zero-order chi connectivity index (χ0) is 14.1. The normalized spacial score (nSPS) is 10.7. The van der Waals surface area contributed by atoms with Gasteiger partial charge in [-0.15, -0.1) is 0 Å². The summed E-state index contributed by atoms with van der Waals surface area (Å²) in [6.45, 7) is 1.71. The smallest absolute Gasteiger partial charge is 0.274 e. The predicted molar refractivity (Wildman–Crippen MR) is 72.7 cm³/mol. The van der Waals surface area contributed by atoms with E-state index in [1.54, 1.807) is 31.2 Å². The van der Waals surface area contributed by atoms with Crippen LogP contribution in [0.25, 0.3) is 5.78 Å². The lowest BCUT2D eigenvalue weighted by molar-refractivity contribution is 0.102. The molecule has 0 saturated heterocycles. The number of nitrogens with one attached hydrogen (secondary N) is 2. The van der Waals surface area contributed by atoms with E-state index in [1.807, 2.05) is 6.07 Å². The molecule has 0 atom stereocenters. The topological polar surface area (TPSA) is 92.2 Å². The summed E-state index contributed by atoms with van der Waals surface area (Å²) in [7, 11) is 0. The molecule has 0 fully saturated rings. The molecule has 2 aromatic heterocycles. The second-order valence-corrected chi connectivity index (χ2v) is 4.26. The number of aromatic amines is 1. The zero-order valence-corrected chi connectivity index (χ0v) is 10.6. The molecule has 2 N–H and O–H groups in total. The lowest BCUT2D eigenvalue weighted by Crippen LogP contribution is -2.15. The molecule has 7 heteroatoms. The first kappa shape index (κ1) is 12.1. The van der Waals surface area contributed by atoms with Gasteiger partial charge >= 0.3 is 0 Å². The largest absolute Gasteiger partial charge is 0.291 e. The van der Waals surface area contributed by atoms with Gasteiger partial charge in [-0.25, -0.2) is 4.98 Å². The Labute approximate surface area is 113 Å². The van der Waals surface area contributed by atoms with Crippen molar-refractivity contribution in [3.05, 3.63) is 58.0 Å². The fourth-order valence-corrected chi connectivity index (χ4v) is 1.82. The molecule has 0 unspecified atom stereocenters. The van der Waals surface area contributed by atoms with Crippen molar-refractivity contribution in [3.63, 3.8) is 0 Å². The van der Waals surface area contributed by atoms with Gasteiger partial charge in [-0.1, -0.05) is 18.2 Å². The van der Waals surface area contributed by atoms with Gasteiger partial charge in [0.1, 0.15) is 0 Å². The van der Waals surface area contributed by atoms with E-state index in [2.05, 4.69) is 20.4 Å². The van der Waals surface area contributed by atoms with Crippen LogP contribution in [0.5, 0.6) is 0 Å². The summed E-state index contributed by atoms with van der Waals surface area (Å²) in [5.74, 6) is 0.0850. The van der Waals surface area contributed by atoms with Crippen LogP contribution in [0, 0.1) is 6.92 Å². The second kappa shape index (κ2) is 4.61. The van der Waals surface area contributed by atoms with Crippen molar-refractivity contribution in [1.29, 1.82) is 0 Å². The van der Waals surface area contributed by atoms with Crippen molar-refractivity contribution < 1.29 is 4.79 Å². The van der Waals surface area contributed by atoms with Gasteiger partial charge in [-0.3, -0.25) is 20.0 Å². The molecule has 0 radical (unpaired) electrons. The monoisotopic (exact) mass is 269 g/mol. The summed E-state index contributed by atoms with van der Waals surface area (Å²) in [6, 6.07) is 10.1. The van der Waals surface area contributed by atoms with Crippen LogP contribution in [0.2, 0.25) is 0 Å². The van der Waals surface area contributed by atoms with Crippen molar-refractivity contribution in [2.24, 2.45) is 0 Å². The average Bonchev–Trinajstić information content (AvgIpc) is 2.82. The van der Waals surface area contributed by atoms with Crippen molar-refractivity contribution >= 4 is 17.6 Å². The van der Waals surface area contributed by atoms with Gasteiger partial charge in [-0.2, -0.15) is 9.50 Å². The minimum atomic E-state index is -0.311. The molecule has 1 amide bonds. The third-order valence-corrected chi connectivity index (χ3v) is 2.73. The molecule has 3 aromatic rings. The summed E-state index contributed by atoms with van der Waals surface area (Å²) in [5.41, 5.74) is 0.798. The maximum atomic E-state index is 12.0. The second-order valence-electron chi connectivity index (χ2n) is 4.26. The molecule has 0 aliphatic carbocycles. The van der Waals surface area contributed by atoms with Gasteiger partial charge in [0.25, 0.3) is 17.2 Å². The molecule has 0 aliphatic heterocycles. The van der Waals surface area contributed by atoms with Gasteiger partial charge < -0.3 is 0 Å². The minimum absolute atomic E-state index is 0.175. The highest BCUT2D eigenvalue weighted by molar-refractivity contribution is 6.03. The standard InChI is InChI=1S/C13H11N5O2/c1-8-7-10(19)18-13(14-8)16-12(17-18)15-11(20)9-5-3-2-4-6-9/h2-7H,1H3,(H2,14,15,16,17,20). The Kier molecular flexibility index (Phi) is 2.79. The van der Waals surface area contributed by atoms with E-state index in [0.29, 0.717) is 11.3 Å². The first-order valence-electron chi connectivity index (χ1n) is 5.96. The van der Waals surface area contributed by atoms with Crippen LogP contribution >= 0.6 is 0 Å². The molecule has 3 rings (SSSR count). The van der Waals surface area contributed by atoms with E-state index >= 15 is 0 Å². The van der Waals surface area contributed by atoms with E-state index in [0.717, 1.165) is 0 Å². The number of amides is 1. The fourth-order valence-electron chi connectivity index (χ4n) is 1.82. The van der Waals surface area contributed by atoms with E-state index < -0.39 is 0 Å². The summed E-state index contributed by atoms with van der Waals surface area (Å²) in [5, 5.41) is 5.28. The molecule has 20 heavy (non-hydrogen) atoms. The molecule has 0 spiro atoms. The highest BCUT2D eigenvalue weighted by Crippen LogP contribution is 2.05. The minimum Gasteiger partial charge on any atom is -0.291 e. The summed E-state index contributed by atoms with van der Waals surface area (Å²) in [4.78, 5) is 31.8. The highest BCUT2D eigenvalue weighted by atomic mass is 16.2. The zero-order valence-electron chi connectivity index (χ0n) is 10.6. The predicted octanol–water partition coefficient (Wildman–Crippen LogP) is 0.978. The number of carbonyl (C=O) groups is 1. The van der Waals surface area contributed by atoms with Gasteiger partial charge in [0.2, 0.25) is 5.95 Å². The highest BCUT2D eigenvalue weighted by Gasteiger charge is 2.10. The Morgan fingerprint density at radius 1 is 1.25 bits per heavy atom. The molecule has 1 aromatic carbocycles. The van der Waals surface area contributed by atoms with E-state index in [9.17, 15) is 9.59 Å². The first-order chi connectivity index (χ1) is 9.63. The molecule has 0 bridgehead atoms. The summed E-state index contributed by atoms with van der Waals surface area (Å²) in [6.07, 6.45) is 0. The fraction of sp³-hybridized carbons (Fsp3) is 0.0769. The quantitative estimate of drug-likeness (QED) is 0.725. The number of nitrogens with zero attached hydrogens (tertiary/aromatic N) is 3. The van der Waals surface area contributed by atoms with Crippen LogP contribution in [-0.2, 0) is 0 Å².